The minimum atomic E-state index is -3.65. The first-order chi connectivity index (χ1) is 9.95. The first-order valence-electron chi connectivity index (χ1n) is 6.68. The van der Waals surface area contributed by atoms with E-state index < -0.39 is 15.9 Å². The van der Waals surface area contributed by atoms with Gasteiger partial charge in [0.15, 0.2) is 0 Å². The lowest BCUT2D eigenvalue weighted by Gasteiger charge is -2.16. The van der Waals surface area contributed by atoms with Gasteiger partial charge >= 0.3 is 0 Å². The van der Waals surface area contributed by atoms with Gasteiger partial charge < -0.3 is 15.8 Å². The SMILES string of the molecule is CCNS(=O)(=O)c1ccccc1NC(=O)C1COCC1N. The van der Waals surface area contributed by atoms with Crippen molar-refractivity contribution in [2.75, 3.05) is 25.1 Å². The number of para-hydroxylation sites is 1. The van der Waals surface area contributed by atoms with Crippen molar-refractivity contribution in [3.05, 3.63) is 24.3 Å². The van der Waals surface area contributed by atoms with E-state index >= 15 is 0 Å². The number of carbonyl (C=O) groups is 1. The largest absolute Gasteiger partial charge is 0.379 e. The molecule has 0 aromatic heterocycles. The summed E-state index contributed by atoms with van der Waals surface area (Å²) >= 11 is 0. The van der Waals surface area contributed by atoms with Gasteiger partial charge in [-0.15, -0.1) is 0 Å². The van der Waals surface area contributed by atoms with Gasteiger partial charge in [0.25, 0.3) is 0 Å². The van der Waals surface area contributed by atoms with Crippen LogP contribution in [0.5, 0.6) is 0 Å². The van der Waals surface area contributed by atoms with Gasteiger partial charge in [0, 0.05) is 12.6 Å². The van der Waals surface area contributed by atoms with Crippen LogP contribution in [0.4, 0.5) is 5.69 Å². The lowest BCUT2D eigenvalue weighted by Crippen LogP contribution is -2.37. The topological polar surface area (TPSA) is 111 Å². The molecule has 0 saturated carbocycles. The average Bonchev–Trinajstić information content (AvgIpc) is 2.85. The zero-order valence-electron chi connectivity index (χ0n) is 11.7. The third-order valence-corrected chi connectivity index (χ3v) is 4.83. The second kappa shape index (κ2) is 6.52. The average molecular weight is 313 g/mol. The van der Waals surface area contributed by atoms with Crippen LogP contribution >= 0.6 is 0 Å². The summed E-state index contributed by atoms with van der Waals surface area (Å²) in [6.45, 7) is 2.53. The van der Waals surface area contributed by atoms with Gasteiger partial charge in [-0.05, 0) is 12.1 Å². The van der Waals surface area contributed by atoms with E-state index in [2.05, 4.69) is 10.0 Å². The molecule has 7 nitrogen and oxygen atoms in total. The predicted octanol–water partition coefficient (Wildman–Crippen LogP) is -0.103. The molecule has 2 atom stereocenters. The molecule has 116 valence electrons. The second-order valence-corrected chi connectivity index (χ2v) is 6.53. The van der Waals surface area contributed by atoms with Crippen LogP contribution in [0, 0.1) is 5.92 Å². The molecule has 8 heteroatoms. The minimum Gasteiger partial charge on any atom is -0.379 e. The Balaban J connectivity index is 2.23. The van der Waals surface area contributed by atoms with E-state index in [4.69, 9.17) is 10.5 Å². The van der Waals surface area contributed by atoms with Crippen molar-refractivity contribution in [3.63, 3.8) is 0 Å². The highest BCUT2D eigenvalue weighted by Crippen LogP contribution is 2.22. The van der Waals surface area contributed by atoms with E-state index in [-0.39, 0.29) is 35.7 Å². The summed E-state index contributed by atoms with van der Waals surface area (Å²) in [7, 11) is -3.65. The lowest BCUT2D eigenvalue weighted by molar-refractivity contribution is -0.120. The molecule has 0 spiro atoms. The number of nitrogens with two attached hydrogens (primary N) is 1. The van der Waals surface area contributed by atoms with Crippen LogP contribution in [0.3, 0.4) is 0 Å². The molecule has 0 bridgehead atoms. The van der Waals surface area contributed by atoms with E-state index in [1.54, 1.807) is 25.1 Å². The molecule has 1 aliphatic rings. The highest BCUT2D eigenvalue weighted by molar-refractivity contribution is 7.89. The van der Waals surface area contributed by atoms with Crippen LogP contribution in [0.25, 0.3) is 0 Å². The van der Waals surface area contributed by atoms with E-state index in [1.165, 1.54) is 6.07 Å². The smallest absolute Gasteiger partial charge is 0.242 e. The van der Waals surface area contributed by atoms with Gasteiger partial charge in [-0.2, -0.15) is 0 Å². The van der Waals surface area contributed by atoms with Gasteiger partial charge in [-0.1, -0.05) is 19.1 Å². The molecular weight excluding hydrogens is 294 g/mol. The number of rotatable bonds is 5. The molecule has 1 saturated heterocycles. The number of carbonyl (C=O) groups excluding carboxylic acids is 1. The maximum Gasteiger partial charge on any atom is 0.242 e. The molecular formula is C13H19N3O4S. The molecule has 4 N–H and O–H groups in total. The Kier molecular flexibility index (Phi) is 4.94. The molecule has 1 fully saturated rings. The van der Waals surface area contributed by atoms with Crippen molar-refractivity contribution < 1.29 is 17.9 Å². The maximum absolute atomic E-state index is 12.2. The molecule has 0 radical (unpaired) electrons. The molecule has 1 aliphatic heterocycles. The van der Waals surface area contributed by atoms with Gasteiger partial charge in [0.2, 0.25) is 15.9 Å². The standard InChI is InChI=1S/C13H19N3O4S/c1-2-15-21(18,19)12-6-4-3-5-11(12)16-13(17)9-7-20-8-10(9)14/h3-6,9-10,15H,2,7-8,14H2,1H3,(H,16,17). The van der Waals surface area contributed by atoms with Gasteiger partial charge in [0.05, 0.1) is 24.8 Å². The van der Waals surface area contributed by atoms with E-state index in [9.17, 15) is 13.2 Å². The van der Waals surface area contributed by atoms with Crippen LogP contribution < -0.4 is 15.8 Å². The molecule has 2 rings (SSSR count). The summed E-state index contributed by atoms with van der Waals surface area (Å²) < 4.78 is 31.8. The fraction of sp³-hybridized carbons (Fsp3) is 0.462. The van der Waals surface area contributed by atoms with Crippen LogP contribution in [0.1, 0.15) is 6.92 Å². The first-order valence-corrected chi connectivity index (χ1v) is 8.17. The maximum atomic E-state index is 12.2. The lowest BCUT2D eigenvalue weighted by atomic mass is 10.0. The Bertz CT molecular complexity index is 618. The Labute approximate surface area is 123 Å². The van der Waals surface area contributed by atoms with Crippen molar-refractivity contribution >= 4 is 21.6 Å². The number of ether oxygens (including phenoxy) is 1. The molecule has 0 aliphatic carbocycles. The van der Waals surface area contributed by atoms with Crippen molar-refractivity contribution in [1.82, 2.24) is 4.72 Å². The van der Waals surface area contributed by atoms with E-state index in [1.807, 2.05) is 0 Å². The quantitative estimate of drug-likeness (QED) is 0.703. The number of hydrogen-bond acceptors (Lipinski definition) is 5. The summed E-state index contributed by atoms with van der Waals surface area (Å²) in [6.07, 6.45) is 0. The Hall–Kier alpha value is -1.48. The zero-order chi connectivity index (χ0) is 15.5. The summed E-state index contributed by atoms with van der Waals surface area (Å²) in [5, 5.41) is 2.63. The molecule has 1 aromatic rings. The summed E-state index contributed by atoms with van der Waals surface area (Å²) in [4.78, 5) is 12.2. The van der Waals surface area contributed by atoms with Crippen LogP contribution in [-0.2, 0) is 19.6 Å². The van der Waals surface area contributed by atoms with Crippen LogP contribution in [0.15, 0.2) is 29.2 Å². The predicted molar refractivity (Wildman–Crippen MR) is 78.2 cm³/mol. The van der Waals surface area contributed by atoms with E-state index in [0.717, 1.165) is 0 Å². The number of anilines is 1. The third-order valence-electron chi connectivity index (χ3n) is 3.23. The third kappa shape index (κ3) is 3.59. The number of amides is 1. The molecule has 21 heavy (non-hydrogen) atoms. The molecule has 1 aromatic carbocycles. The Morgan fingerprint density at radius 3 is 2.71 bits per heavy atom. The minimum absolute atomic E-state index is 0.0349. The fourth-order valence-electron chi connectivity index (χ4n) is 2.14. The normalized spacial score (nSPS) is 22.2. The van der Waals surface area contributed by atoms with Crippen LogP contribution in [0.2, 0.25) is 0 Å². The van der Waals surface area contributed by atoms with Crippen LogP contribution in [-0.4, -0.2) is 40.1 Å². The fourth-order valence-corrected chi connectivity index (χ4v) is 3.34. The molecule has 2 unspecified atom stereocenters. The summed E-state index contributed by atoms with van der Waals surface area (Å²) in [6, 6.07) is 5.88. The second-order valence-electron chi connectivity index (χ2n) is 4.79. The van der Waals surface area contributed by atoms with Crippen molar-refractivity contribution in [2.24, 2.45) is 11.7 Å². The number of hydrogen-bond donors (Lipinski definition) is 3. The van der Waals surface area contributed by atoms with Gasteiger partial charge in [-0.3, -0.25) is 4.79 Å². The number of nitrogens with one attached hydrogen (secondary N) is 2. The van der Waals surface area contributed by atoms with Crippen molar-refractivity contribution in [3.8, 4) is 0 Å². The number of sulfonamides is 1. The van der Waals surface area contributed by atoms with E-state index in [0.29, 0.717) is 6.61 Å². The van der Waals surface area contributed by atoms with Gasteiger partial charge in [-0.25, -0.2) is 13.1 Å². The highest BCUT2D eigenvalue weighted by atomic mass is 32.2. The first kappa shape index (κ1) is 15.9. The highest BCUT2D eigenvalue weighted by Gasteiger charge is 2.32. The molecule has 1 heterocycles. The van der Waals surface area contributed by atoms with Crippen molar-refractivity contribution in [1.29, 1.82) is 0 Å². The Morgan fingerprint density at radius 1 is 1.38 bits per heavy atom. The van der Waals surface area contributed by atoms with Crippen molar-refractivity contribution in [2.45, 2.75) is 17.9 Å². The number of benzene rings is 1. The summed E-state index contributed by atoms with van der Waals surface area (Å²) in [5.74, 6) is -0.806. The summed E-state index contributed by atoms with van der Waals surface area (Å²) in [5.41, 5.74) is 6.03. The van der Waals surface area contributed by atoms with Gasteiger partial charge in [0.1, 0.15) is 4.90 Å². The monoisotopic (exact) mass is 313 g/mol. The zero-order valence-corrected chi connectivity index (χ0v) is 12.5. The Morgan fingerprint density at radius 2 is 2.10 bits per heavy atom. The molecule has 1 amide bonds.